The summed E-state index contributed by atoms with van der Waals surface area (Å²) in [5.74, 6) is 0.0578. The Morgan fingerprint density at radius 3 is 2.48 bits per heavy atom. The van der Waals surface area contributed by atoms with Crippen LogP contribution in [-0.2, 0) is 21.2 Å². The first-order valence-electron chi connectivity index (χ1n) is 9.12. The van der Waals surface area contributed by atoms with E-state index in [1.165, 1.54) is 4.31 Å². The quantitative estimate of drug-likeness (QED) is 0.788. The third kappa shape index (κ3) is 4.54. The second kappa shape index (κ2) is 8.19. The monoisotopic (exact) mass is 387 g/mol. The average molecular weight is 388 g/mol. The molecule has 1 aromatic heterocycles. The first-order valence-corrected chi connectivity index (χ1v) is 10.6. The molecule has 1 aromatic carbocycles. The molecule has 1 amide bonds. The largest absolute Gasteiger partial charge is 0.340 e. The molecule has 1 aliphatic heterocycles. The number of nitrogens with zero attached hydrogens (tertiary/aromatic N) is 3. The number of piperazine rings is 1. The van der Waals surface area contributed by atoms with Crippen LogP contribution < -0.4 is 0 Å². The fraction of sp³-hybridized carbons (Fsp3) is 0.400. The average Bonchev–Trinajstić information content (AvgIpc) is 2.66. The maximum Gasteiger partial charge on any atom is 0.243 e. The van der Waals surface area contributed by atoms with E-state index in [9.17, 15) is 13.2 Å². The Morgan fingerprint density at radius 1 is 1.11 bits per heavy atom. The summed E-state index contributed by atoms with van der Waals surface area (Å²) in [5.41, 5.74) is 2.82. The van der Waals surface area contributed by atoms with Crippen LogP contribution in [0.5, 0.6) is 0 Å². The van der Waals surface area contributed by atoms with Crippen molar-refractivity contribution in [2.45, 2.75) is 31.6 Å². The smallest absolute Gasteiger partial charge is 0.243 e. The van der Waals surface area contributed by atoms with Crippen molar-refractivity contribution in [2.75, 3.05) is 26.2 Å². The lowest BCUT2D eigenvalue weighted by Gasteiger charge is -2.34. The van der Waals surface area contributed by atoms with Crippen LogP contribution in [-0.4, -0.2) is 54.7 Å². The van der Waals surface area contributed by atoms with E-state index in [0.717, 1.165) is 16.7 Å². The van der Waals surface area contributed by atoms with Gasteiger partial charge in [0, 0.05) is 45.0 Å². The zero-order valence-corrected chi connectivity index (χ0v) is 16.6. The molecule has 0 bridgehead atoms. The topological polar surface area (TPSA) is 70.6 Å². The van der Waals surface area contributed by atoms with Crippen LogP contribution >= 0.6 is 0 Å². The molecule has 27 heavy (non-hydrogen) atoms. The van der Waals surface area contributed by atoms with E-state index in [2.05, 4.69) is 4.98 Å². The van der Waals surface area contributed by atoms with E-state index in [1.54, 1.807) is 23.4 Å². The number of pyridine rings is 1. The molecule has 1 fully saturated rings. The fourth-order valence-corrected chi connectivity index (χ4v) is 4.99. The molecule has 0 unspecified atom stereocenters. The van der Waals surface area contributed by atoms with Gasteiger partial charge in [0.2, 0.25) is 15.9 Å². The van der Waals surface area contributed by atoms with Gasteiger partial charge in [-0.2, -0.15) is 4.31 Å². The zero-order chi connectivity index (χ0) is 19.4. The highest BCUT2D eigenvalue weighted by molar-refractivity contribution is 7.89. The van der Waals surface area contributed by atoms with Gasteiger partial charge in [-0.25, -0.2) is 8.42 Å². The Kier molecular flexibility index (Phi) is 5.92. The first-order chi connectivity index (χ1) is 12.9. The van der Waals surface area contributed by atoms with E-state index in [1.807, 2.05) is 38.1 Å². The summed E-state index contributed by atoms with van der Waals surface area (Å²) in [6.07, 6.45) is 4.53. The van der Waals surface area contributed by atoms with Crippen molar-refractivity contribution in [3.63, 3.8) is 0 Å². The van der Waals surface area contributed by atoms with Gasteiger partial charge in [0.05, 0.1) is 4.90 Å². The minimum absolute atomic E-state index is 0.0578. The second-order valence-corrected chi connectivity index (χ2v) is 8.82. The minimum Gasteiger partial charge on any atom is -0.340 e. The van der Waals surface area contributed by atoms with Gasteiger partial charge in [-0.3, -0.25) is 9.78 Å². The predicted octanol–water partition coefficient (Wildman–Crippen LogP) is 2.16. The van der Waals surface area contributed by atoms with Gasteiger partial charge in [-0.15, -0.1) is 0 Å². The van der Waals surface area contributed by atoms with Crippen molar-refractivity contribution in [1.82, 2.24) is 14.2 Å². The van der Waals surface area contributed by atoms with E-state index < -0.39 is 10.0 Å². The summed E-state index contributed by atoms with van der Waals surface area (Å²) >= 11 is 0. The second-order valence-electron chi connectivity index (χ2n) is 6.92. The number of rotatable bonds is 5. The lowest BCUT2D eigenvalue weighted by molar-refractivity contribution is -0.132. The van der Waals surface area contributed by atoms with Gasteiger partial charge >= 0.3 is 0 Å². The minimum atomic E-state index is -3.53. The summed E-state index contributed by atoms with van der Waals surface area (Å²) < 4.78 is 27.3. The highest BCUT2D eigenvalue weighted by Gasteiger charge is 2.30. The maximum atomic E-state index is 12.9. The summed E-state index contributed by atoms with van der Waals surface area (Å²) in [6.45, 7) is 5.27. The van der Waals surface area contributed by atoms with Gasteiger partial charge < -0.3 is 4.90 Å². The van der Waals surface area contributed by atoms with Gasteiger partial charge in [0.25, 0.3) is 0 Å². The van der Waals surface area contributed by atoms with Crippen molar-refractivity contribution in [2.24, 2.45) is 0 Å². The molecule has 0 spiro atoms. The Morgan fingerprint density at radius 2 is 1.85 bits per heavy atom. The number of sulfonamides is 1. The van der Waals surface area contributed by atoms with Crippen LogP contribution in [0.3, 0.4) is 0 Å². The summed E-state index contributed by atoms with van der Waals surface area (Å²) in [6, 6.07) is 9.18. The molecule has 1 aliphatic rings. The molecule has 0 atom stereocenters. The Hall–Kier alpha value is -2.25. The van der Waals surface area contributed by atoms with Crippen LogP contribution in [0.15, 0.2) is 47.6 Å². The predicted molar refractivity (Wildman–Crippen MR) is 104 cm³/mol. The van der Waals surface area contributed by atoms with E-state index in [-0.39, 0.29) is 5.91 Å². The van der Waals surface area contributed by atoms with E-state index in [0.29, 0.717) is 43.9 Å². The van der Waals surface area contributed by atoms with Gasteiger partial charge in [-0.05, 0) is 43.5 Å². The summed E-state index contributed by atoms with van der Waals surface area (Å²) in [7, 11) is -3.53. The lowest BCUT2D eigenvalue weighted by atomic mass is 10.1. The lowest BCUT2D eigenvalue weighted by Crippen LogP contribution is -2.50. The molecule has 0 N–H and O–H groups in total. The molecule has 0 radical (unpaired) electrons. The van der Waals surface area contributed by atoms with Crippen molar-refractivity contribution in [3.8, 4) is 0 Å². The fourth-order valence-electron chi connectivity index (χ4n) is 3.36. The van der Waals surface area contributed by atoms with Crippen molar-refractivity contribution < 1.29 is 13.2 Å². The number of aromatic nitrogens is 1. The molecule has 2 heterocycles. The molecule has 6 nitrogen and oxygen atoms in total. The molecule has 1 saturated heterocycles. The molecule has 144 valence electrons. The van der Waals surface area contributed by atoms with Crippen LogP contribution in [0.2, 0.25) is 0 Å². The van der Waals surface area contributed by atoms with Crippen LogP contribution in [0, 0.1) is 13.8 Å². The molecular formula is C20H25N3O3S. The van der Waals surface area contributed by atoms with Crippen molar-refractivity contribution >= 4 is 15.9 Å². The first kappa shape index (κ1) is 19.5. The van der Waals surface area contributed by atoms with Crippen molar-refractivity contribution in [3.05, 3.63) is 59.4 Å². The Bertz CT molecular complexity index is 905. The van der Waals surface area contributed by atoms with E-state index in [4.69, 9.17) is 0 Å². The Balaban J connectivity index is 1.58. The van der Waals surface area contributed by atoms with Crippen LogP contribution in [0.1, 0.15) is 23.1 Å². The molecule has 0 saturated carbocycles. The molecule has 2 aromatic rings. The summed E-state index contributed by atoms with van der Waals surface area (Å²) in [5, 5.41) is 0. The maximum absolute atomic E-state index is 12.9. The van der Waals surface area contributed by atoms with Gasteiger partial charge in [-0.1, -0.05) is 23.8 Å². The number of carbonyl (C=O) groups excluding carboxylic acids is 1. The highest BCUT2D eigenvalue weighted by atomic mass is 32.2. The van der Waals surface area contributed by atoms with E-state index >= 15 is 0 Å². The third-order valence-electron chi connectivity index (χ3n) is 4.89. The number of amides is 1. The van der Waals surface area contributed by atoms with Crippen molar-refractivity contribution in [1.29, 1.82) is 0 Å². The molecule has 3 rings (SSSR count). The Labute approximate surface area is 160 Å². The van der Waals surface area contributed by atoms with Gasteiger partial charge in [0.1, 0.15) is 0 Å². The zero-order valence-electron chi connectivity index (χ0n) is 15.8. The molecule has 7 heteroatoms. The standard InChI is InChI=1S/C20H25N3O3S/c1-16-5-7-19(17(2)14-16)27(25,26)23-12-10-22(11-13-23)20(24)8-6-18-4-3-9-21-15-18/h3-5,7,9,14-15H,6,8,10-13H2,1-2H3. The number of carbonyl (C=O) groups is 1. The third-order valence-corrected chi connectivity index (χ3v) is 6.95. The van der Waals surface area contributed by atoms with Gasteiger partial charge in [0.15, 0.2) is 0 Å². The highest BCUT2D eigenvalue weighted by Crippen LogP contribution is 2.22. The SMILES string of the molecule is Cc1ccc(S(=O)(=O)N2CCN(C(=O)CCc3cccnc3)CC2)c(C)c1. The number of aryl methyl sites for hydroxylation is 3. The molecule has 0 aliphatic carbocycles. The molecular weight excluding hydrogens is 362 g/mol. The normalized spacial score (nSPS) is 15.7. The number of benzene rings is 1. The van der Waals surface area contributed by atoms with Crippen LogP contribution in [0.25, 0.3) is 0 Å². The summed E-state index contributed by atoms with van der Waals surface area (Å²) in [4.78, 5) is 18.6. The number of hydrogen-bond acceptors (Lipinski definition) is 4. The van der Waals surface area contributed by atoms with Crippen LogP contribution in [0.4, 0.5) is 0 Å². The number of hydrogen-bond donors (Lipinski definition) is 0.